The Labute approximate surface area is 423 Å². The Balaban J connectivity index is 1.15. The molecule has 4 nitrogen and oxygen atoms in total. The molecule has 0 aliphatic heterocycles. The summed E-state index contributed by atoms with van der Waals surface area (Å²) in [5.41, 5.74) is 19.6. The molecule has 4 heterocycles. The summed E-state index contributed by atoms with van der Waals surface area (Å²) in [6.07, 6.45) is 0. The molecule has 0 atom stereocenters. The van der Waals surface area contributed by atoms with Gasteiger partial charge in [-0.1, -0.05) is 166 Å². The highest BCUT2D eigenvalue weighted by atomic mass is 15.2. The summed E-state index contributed by atoms with van der Waals surface area (Å²) in [7, 11) is 0. The lowest BCUT2D eigenvalue weighted by molar-refractivity contribution is 0.596. The Morgan fingerprint density at radius 2 is 0.694 bits per heavy atom. The van der Waals surface area contributed by atoms with E-state index in [9.17, 15) is 0 Å². The van der Waals surface area contributed by atoms with Gasteiger partial charge < -0.3 is 18.6 Å². The zero-order valence-corrected chi connectivity index (χ0v) is 43.3. The van der Waals surface area contributed by atoms with E-state index < -0.39 is 0 Å². The molecule has 4 aromatic heterocycles. The summed E-state index contributed by atoms with van der Waals surface area (Å²) in [6, 6.07) is 68.9. The number of benzene rings is 9. The Hall–Kier alpha value is -7.82. The molecule has 13 rings (SSSR count). The van der Waals surface area contributed by atoms with Gasteiger partial charge in [-0.3, -0.25) is 0 Å². The molecule has 0 saturated heterocycles. The highest BCUT2D eigenvalue weighted by molar-refractivity contribution is 6.33. The minimum atomic E-state index is -0.101. The van der Waals surface area contributed by atoms with Crippen LogP contribution >= 0.6 is 0 Å². The minimum absolute atomic E-state index is 0.101. The van der Waals surface area contributed by atoms with Gasteiger partial charge in [0.15, 0.2) is 0 Å². The van der Waals surface area contributed by atoms with E-state index in [0.29, 0.717) is 11.8 Å². The molecule has 0 aliphatic rings. The molecule has 354 valence electrons. The largest absolute Gasteiger partial charge is 0.310 e. The number of para-hydroxylation sites is 2. The first kappa shape index (κ1) is 44.1. The smallest absolute Gasteiger partial charge is 0.0641 e. The second-order valence-corrected chi connectivity index (χ2v) is 23.0. The van der Waals surface area contributed by atoms with Gasteiger partial charge in [-0.2, -0.15) is 0 Å². The number of nitrogens with zero attached hydrogens (tertiary/aromatic N) is 4. The maximum atomic E-state index is 2.60. The van der Waals surface area contributed by atoms with Crippen LogP contribution in [0.25, 0.3) is 76.2 Å². The minimum Gasteiger partial charge on any atom is -0.310 e. The SMILES string of the molecule is CC(C)c1ccc(N(c2ccccc2)c2ccc3c4cc5c(cc4n4c6cccc(C(C)(C)C)c6c2c34)c2ccc(N(c3ccccc3)c3ccc(C(C)C)cc3)c3c4c(C(C)(C)C)cccc4n5c23)cc1. The van der Waals surface area contributed by atoms with Crippen LogP contribution in [0.3, 0.4) is 0 Å². The van der Waals surface area contributed by atoms with Gasteiger partial charge in [0, 0.05) is 65.8 Å². The summed E-state index contributed by atoms with van der Waals surface area (Å²) in [5.74, 6) is 0.895. The fourth-order valence-electron chi connectivity index (χ4n) is 12.3. The average Bonchev–Trinajstić information content (AvgIpc) is 4.10. The van der Waals surface area contributed by atoms with Crippen molar-refractivity contribution in [3.05, 3.63) is 204 Å². The van der Waals surface area contributed by atoms with Crippen molar-refractivity contribution in [1.82, 2.24) is 8.80 Å². The number of aromatic nitrogens is 2. The predicted molar refractivity (Wildman–Crippen MR) is 311 cm³/mol. The van der Waals surface area contributed by atoms with Crippen molar-refractivity contribution in [3.63, 3.8) is 0 Å². The molecule has 0 fully saturated rings. The third-order valence-electron chi connectivity index (χ3n) is 15.8. The fourth-order valence-corrected chi connectivity index (χ4v) is 12.3. The van der Waals surface area contributed by atoms with Crippen LogP contribution in [0, 0.1) is 0 Å². The van der Waals surface area contributed by atoms with Gasteiger partial charge in [-0.05, 0) is 130 Å². The summed E-state index contributed by atoms with van der Waals surface area (Å²) in [5, 5.41) is 10.3. The van der Waals surface area contributed by atoms with E-state index in [1.165, 1.54) is 110 Å². The lowest BCUT2D eigenvalue weighted by Gasteiger charge is -2.28. The summed E-state index contributed by atoms with van der Waals surface area (Å²) in [6.45, 7) is 23.2. The number of rotatable bonds is 8. The number of hydrogen-bond donors (Lipinski definition) is 0. The van der Waals surface area contributed by atoms with E-state index in [-0.39, 0.29) is 10.8 Å². The molecule has 0 bridgehead atoms. The number of anilines is 6. The van der Waals surface area contributed by atoms with E-state index in [4.69, 9.17) is 0 Å². The van der Waals surface area contributed by atoms with Gasteiger partial charge in [0.1, 0.15) is 0 Å². The van der Waals surface area contributed by atoms with E-state index >= 15 is 0 Å². The Kier molecular flexibility index (Phi) is 9.71. The molecule has 0 radical (unpaired) electrons. The van der Waals surface area contributed by atoms with Gasteiger partial charge >= 0.3 is 0 Å². The lowest BCUT2D eigenvalue weighted by atomic mass is 9.83. The number of hydrogen-bond acceptors (Lipinski definition) is 2. The predicted octanol–water partition coefficient (Wildman–Crippen LogP) is 19.8. The van der Waals surface area contributed by atoms with E-state index in [2.05, 4.69) is 270 Å². The lowest BCUT2D eigenvalue weighted by Crippen LogP contribution is -2.13. The Morgan fingerprint density at radius 3 is 1.04 bits per heavy atom. The Morgan fingerprint density at radius 1 is 0.333 bits per heavy atom. The zero-order chi connectivity index (χ0) is 49.5. The van der Waals surface area contributed by atoms with Crippen LogP contribution in [0.2, 0.25) is 0 Å². The molecule has 4 heteroatoms. The zero-order valence-electron chi connectivity index (χ0n) is 43.3. The monoisotopic (exact) mass is 934 g/mol. The molecule has 0 aliphatic carbocycles. The van der Waals surface area contributed by atoms with Crippen molar-refractivity contribution in [2.75, 3.05) is 9.80 Å². The van der Waals surface area contributed by atoms with Crippen LogP contribution in [0.4, 0.5) is 34.1 Å². The van der Waals surface area contributed by atoms with Gasteiger partial charge in [-0.25, -0.2) is 0 Å². The quantitative estimate of drug-likeness (QED) is 0.151. The second kappa shape index (κ2) is 15.8. The average molecular weight is 935 g/mol. The van der Waals surface area contributed by atoms with Gasteiger partial charge in [0.05, 0.1) is 44.5 Å². The first-order valence-electron chi connectivity index (χ1n) is 26.0. The summed E-state index contributed by atoms with van der Waals surface area (Å²) >= 11 is 0. The molecule has 0 N–H and O–H groups in total. The maximum absolute atomic E-state index is 2.60. The molecule has 13 aromatic rings. The fraction of sp³-hybridized carbons (Fsp3) is 0.206. The van der Waals surface area contributed by atoms with Crippen molar-refractivity contribution in [1.29, 1.82) is 0 Å². The van der Waals surface area contributed by atoms with Gasteiger partial charge in [-0.15, -0.1) is 0 Å². The topological polar surface area (TPSA) is 15.3 Å². The first-order chi connectivity index (χ1) is 34.7. The van der Waals surface area contributed by atoms with Crippen LogP contribution in [0.5, 0.6) is 0 Å². The molecule has 0 amide bonds. The van der Waals surface area contributed by atoms with Crippen LogP contribution < -0.4 is 9.80 Å². The van der Waals surface area contributed by atoms with Crippen LogP contribution in [0.15, 0.2) is 182 Å². The normalized spacial score (nSPS) is 12.8. The van der Waals surface area contributed by atoms with E-state index in [1.807, 2.05) is 0 Å². The van der Waals surface area contributed by atoms with Crippen molar-refractivity contribution >= 4 is 110 Å². The Bertz CT molecular complexity index is 3920. The highest BCUT2D eigenvalue weighted by Crippen LogP contribution is 2.53. The third-order valence-corrected chi connectivity index (χ3v) is 15.8. The summed E-state index contributed by atoms with van der Waals surface area (Å²) in [4.78, 5) is 4.96. The van der Waals surface area contributed by atoms with Gasteiger partial charge in [0.2, 0.25) is 0 Å². The van der Waals surface area contributed by atoms with E-state index in [1.54, 1.807) is 0 Å². The van der Waals surface area contributed by atoms with E-state index in [0.717, 1.165) is 22.7 Å². The highest BCUT2D eigenvalue weighted by Gasteiger charge is 2.31. The molecular weight excluding hydrogens is 873 g/mol. The van der Waals surface area contributed by atoms with Crippen LogP contribution in [-0.4, -0.2) is 8.80 Å². The van der Waals surface area contributed by atoms with Crippen molar-refractivity contribution in [2.24, 2.45) is 0 Å². The molecule has 0 spiro atoms. The van der Waals surface area contributed by atoms with Crippen LogP contribution in [-0.2, 0) is 10.8 Å². The molecule has 0 saturated carbocycles. The van der Waals surface area contributed by atoms with Crippen LogP contribution in [0.1, 0.15) is 103 Å². The first-order valence-corrected chi connectivity index (χ1v) is 26.0. The van der Waals surface area contributed by atoms with Crippen molar-refractivity contribution in [3.8, 4) is 0 Å². The maximum Gasteiger partial charge on any atom is 0.0641 e. The number of fused-ring (bicyclic) bond motifs is 12. The van der Waals surface area contributed by atoms with Gasteiger partial charge in [0.25, 0.3) is 0 Å². The van der Waals surface area contributed by atoms with Crippen molar-refractivity contribution in [2.45, 2.75) is 91.9 Å². The standard InChI is InChI=1S/C68H62N4/c1-41(2)43-27-31-47(32-28-43)69(45-19-13-11-14-20-45)57-37-35-49-51-39-60-52(40-59(51)71-55-25-17-23-53(67(5,6)7)61(55)63(57)65(49)71)50-36-38-58(64-62-54(68(8,9)10)24-18-26-56(62)72(60)66(50)64)70(46-21-15-12-16-22-46)48-33-29-44(30-34-48)42(3)4/h11-42H,1-10H3. The van der Waals surface area contributed by atoms with Crippen molar-refractivity contribution < 1.29 is 0 Å². The molecule has 9 aromatic carbocycles. The molecular formula is C68H62N4. The third kappa shape index (κ3) is 6.43. The molecule has 72 heavy (non-hydrogen) atoms. The summed E-state index contributed by atoms with van der Waals surface area (Å²) < 4.78 is 5.21. The molecule has 0 unspecified atom stereocenters. The second-order valence-electron chi connectivity index (χ2n) is 23.0.